The van der Waals surface area contributed by atoms with Crippen molar-refractivity contribution in [1.29, 1.82) is 0 Å². The molecule has 0 amide bonds. The minimum atomic E-state index is -0.260. The van der Waals surface area contributed by atoms with Crippen LogP contribution in [-0.4, -0.2) is 18.4 Å². The van der Waals surface area contributed by atoms with E-state index in [0.717, 1.165) is 51.1 Å². The number of carbonyl (C=O) groups is 3. The van der Waals surface area contributed by atoms with Crippen LogP contribution in [0.5, 0.6) is 0 Å². The largest absolute Gasteiger partial charge is 0.303 e. The number of Topliss-reactive ketones (excluding diaryl/α,β-unsaturated/α-hetero) is 1. The number of hydrogen-bond acceptors (Lipinski definition) is 3. The zero-order valence-electron chi connectivity index (χ0n) is 13.5. The van der Waals surface area contributed by atoms with E-state index in [-0.39, 0.29) is 10.8 Å². The van der Waals surface area contributed by atoms with Crippen molar-refractivity contribution in [2.45, 2.75) is 79.1 Å². The molecule has 0 aliphatic rings. The molecule has 0 atom stereocenters. The fourth-order valence-corrected chi connectivity index (χ4v) is 2.05. The van der Waals surface area contributed by atoms with Crippen LogP contribution in [-0.2, 0) is 14.4 Å². The second-order valence-electron chi connectivity index (χ2n) is 7.17. The lowest BCUT2D eigenvalue weighted by Crippen LogP contribution is -2.13. The number of hydrogen-bond donors (Lipinski definition) is 0. The molecular formula is C17H30O3. The molecule has 0 saturated heterocycles. The maximum Gasteiger partial charge on any atom is 0.132 e. The predicted molar refractivity (Wildman–Crippen MR) is 81.6 cm³/mol. The zero-order valence-corrected chi connectivity index (χ0v) is 13.5. The first-order chi connectivity index (χ1) is 9.22. The lowest BCUT2D eigenvalue weighted by Gasteiger charge is -2.16. The lowest BCUT2D eigenvalue weighted by atomic mass is 9.88. The molecule has 0 aromatic rings. The Kier molecular flexibility index (Phi) is 8.59. The fraction of sp³-hybridized carbons (Fsp3) is 0.824. The Morgan fingerprint density at radius 3 is 1.40 bits per heavy atom. The van der Waals surface area contributed by atoms with Crippen LogP contribution < -0.4 is 0 Å². The van der Waals surface area contributed by atoms with Crippen LogP contribution in [0.1, 0.15) is 79.1 Å². The maximum absolute atomic E-state index is 11.7. The average Bonchev–Trinajstić information content (AvgIpc) is 2.40. The molecule has 0 spiro atoms. The Labute approximate surface area is 123 Å². The van der Waals surface area contributed by atoms with Crippen LogP contribution in [0.2, 0.25) is 0 Å². The number of rotatable bonds is 12. The summed E-state index contributed by atoms with van der Waals surface area (Å²) in [5.74, 6) is 0.304. The Balaban J connectivity index is 3.61. The first-order valence-electron chi connectivity index (χ1n) is 7.67. The van der Waals surface area contributed by atoms with Crippen LogP contribution in [0.4, 0.5) is 0 Å². The molecule has 0 saturated carbocycles. The van der Waals surface area contributed by atoms with E-state index in [0.29, 0.717) is 18.6 Å². The summed E-state index contributed by atoms with van der Waals surface area (Å²) in [6.45, 7) is 7.71. The number of ketones is 1. The summed E-state index contributed by atoms with van der Waals surface area (Å²) >= 11 is 0. The molecule has 0 unspecified atom stereocenters. The molecule has 116 valence electrons. The molecule has 0 bridgehead atoms. The molecule has 0 rings (SSSR count). The lowest BCUT2D eigenvalue weighted by molar-refractivity contribution is -0.119. The molecule has 0 heterocycles. The van der Waals surface area contributed by atoms with Gasteiger partial charge in [0.25, 0.3) is 0 Å². The fourth-order valence-electron chi connectivity index (χ4n) is 2.05. The van der Waals surface area contributed by atoms with E-state index in [9.17, 15) is 14.4 Å². The molecule has 0 aromatic carbocycles. The summed E-state index contributed by atoms with van der Waals surface area (Å²) < 4.78 is 0. The van der Waals surface area contributed by atoms with Gasteiger partial charge in [-0.05, 0) is 25.7 Å². The predicted octanol–water partition coefficient (Wildman–Crippen LogP) is 4.13. The van der Waals surface area contributed by atoms with Crippen LogP contribution >= 0.6 is 0 Å². The highest BCUT2D eigenvalue weighted by atomic mass is 16.1. The van der Waals surface area contributed by atoms with Gasteiger partial charge in [0.1, 0.15) is 18.4 Å². The molecule has 3 nitrogen and oxygen atoms in total. The molecule has 0 aliphatic carbocycles. The zero-order chi connectivity index (χ0) is 15.6. The number of carbonyl (C=O) groups excluding carboxylic acids is 3. The topological polar surface area (TPSA) is 51.2 Å². The van der Waals surface area contributed by atoms with Crippen molar-refractivity contribution in [3.63, 3.8) is 0 Å². The monoisotopic (exact) mass is 282 g/mol. The normalized spacial score (nSPS) is 12.2. The first-order valence-corrected chi connectivity index (χ1v) is 7.67. The van der Waals surface area contributed by atoms with Gasteiger partial charge in [-0.25, -0.2) is 0 Å². The summed E-state index contributed by atoms with van der Waals surface area (Å²) in [5.41, 5.74) is -0.521. The van der Waals surface area contributed by atoms with Crippen LogP contribution in [0, 0.1) is 10.8 Å². The van der Waals surface area contributed by atoms with E-state index in [1.165, 1.54) is 0 Å². The molecule has 0 N–H and O–H groups in total. The van der Waals surface area contributed by atoms with Gasteiger partial charge in [-0.1, -0.05) is 40.5 Å². The molecule has 0 aliphatic heterocycles. The molecule has 3 heteroatoms. The molecule has 20 heavy (non-hydrogen) atoms. The van der Waals surface area contributed by atoms with Crippen molar-refractivity contribution in [2.75, 3.05) is 0 Å². The van der Waals surface area contributed by atoms with Gasteiger partial charge in [0.05, 0.1) is 0 Å². The van der Waals surface area contributed by atoms with E-state index >= 15 is 0 Å². The second kappa shape index (κ2) is 9.04. The van der Waals surface area contributed by atoms with Crippen molar-refractivity contribution in [2.24, 2.45) is 10.8 Å². The number of aldehydes is 2. The van der Waals surface area contributed by atoms with E-state index in [4.69, 9.17) is 0 Å². The van der Waals surface area contributed by atoms with Gasteiger partial charge in [-0.2, -0.15) is 0 Å². The van der Waals surface area contributed by atoms with Crippen molar-refractivity contribution in [3.8, 4) is 0 Å². The molecule has 0 aromatic heterocycles. The van der Waals surface area contributed by atoms with Gasteiger partial charge < -0.3 is 9.59 Å². The van der Waals surface area contributed by atoms with Gasteiger partial charge in [-0.15, -0.1) is 0 Å². The third-order valence-corrected chi connectivity index (χ3v) is 3.69. The van der Waals surface area contributed by atoms with Crippen LogP contribution in [0.3, 0.4) is 0 Å². The van der Waals surface area contributed by atoms with Crippen molar-refractivity contribution in [1.82, 2.24) is 0 Å². The average molecular weight is 282 g/mol. The molecule has 0 radical (unpaired) electrons. The van der Waals surface area contributed by atoms with Gasteiger partial charge >= 0.3 is 0 Å². The molecular weight excluding hydrogens is 252 g/mol. The Bertz CT molecular complexity index is 286. The minimum absolute atomic E-state index is 0.260. The Morgan fingerprint density at radius 2 is 1.10 bits per heavy atom. The van der Waals surface area contributed by atoms with Crippen molar-refractivity contribution in [3.05, 3.63) is 0 Å². The highest BCUT2D eigenvalue weighted by Crippen LogP contribution is 2.22. The third kappa shape index (κ3) is 9.88. The van der Waals surface area contributed by atoms with Gasteiger partial charge in [-0.3, -0.25) is 4.79 Å². The van der Waals surface area contributed by atoms with E-state index < -0.39 is 0 Å². The summed E-state index contributed by atoms with van der Waals surface area (Å²) in [6, 6.07) is 0. The maximum atomic E-state index is 11.7. The minimum Gasteiger partial charge on any atom is -0.303 e. The summed E-state index contributed by atoms with van der Waals surface area (Å²) in [6.07, 6.45) is 8.50. The van der Waals surface area contributed by atoms with Crippen molar-refractivity contribution >= 4 is 18.4 Å². The third-order valence-electron chi connectivity index (χ3n) is 3.69. The Hall–Kier alpha value is -0.990. The Morgan fingerprint density at radius 1 is 0.750 bits per heavy atom. The van der Waals surface area contributed by atoms with Gasteiger partial charge in [0.2, 0.25) is 0 Å². The van der Waals surface area contributed by atoms with Crippen LogP contribution in [0.15, 0.2) is 0 Å². The number of unbranched alkanes of at least 4 members (excludes halogenated alkanes) is 2. The van der Waals surface area contributed by atoms with E-state index in [2.05, 4.69) is 0 Å². The highest BCUT2D eigenvalue weighted by molar-refractivity contribution is 5.78. The SMILES string of the molecule is CC(C)(C=O)CCCCC(=O)CCCCC(C)(C)C=O. The standard InChI is InChI=1S/C17H30O3/c1-16(2,13-18)11-7-5-9-15(20)10-6-8-12-17(3,4)14-19/h13-14H,5-12H2,1-4H3. The quantitative estimate of drug-likeness (QED) is 0.399. The second-order valence-corrected chi connectivity index (χ2v) is 7.17. The highest BCUT2D eigenvalue weighted by Gasteiger charge is 2.17. The van der Waals surface area contributed by atoms with Gasteiger partial charge in [0, 0.05) is 23.7 Å². The summed E-state index contributed by atoms with van der Waals surface area (Å²) in [4.78, 5) is 33.2. The summed E-state index contributed by atoms with van der Waals surface area (Å²) in [7, 11) is 0. The van der Waals surface area contributed by atoms with Crippen LogP contribution in [0.25, 0.3) is 0 Å². The van der Waals surface area contributed by atoms with Gasteiger partial charge in [0.15, 0.2) is 0 Å². The van der Waals surface area contributed by atoms with E-state index in [1.54, 1.807) is 0 Å². The molecule has 0 fully saturated rings. The van der Waals surface area contributed by atoms with E-state index in [1.807, 2.05) is 27.7 Å². The summed E-state index contributed by atoms with van der Waals surface area (Å²) in [5, 5.41) is 0. The smallest absolute Gasteiger partial charge is 0.132 e. The first kappa shape index (κ1) is 19.0. The van der Waals surface area contributed by atoms with Crippen molar-refractivity contribution < 1.29 is 14.4 Å².